The first-order valence-electron chi connectivity index (χ1n) is 6.26. The van der Waals surface area contributed by atoms with Gasteiger partial charge in [0, 0.05) is 10.6 Å². The fourth-order valence-electron chi connectivity index (χ4n) is 2.18. The van der Waals surface area contributed by atoms with E-state index >= 15 is 0 Å². The number of aromatic nitrogens is 2. The predicted octanol–water partition coefficient (Wildman–Crippen LogP) is 4.27. The summed E-state index contributed by atoms with van der Waals surface area (Å²) in [6, 6.07) is 13.3. The first-order valence-corrected chi connectivity index (χ1v) is 6.64. The van der Waals surface area contributed by atoms with E-state index in [4.69, 9.17) is 21.3 Å². The summed E-state index contributed by atoms with van der Waals surface area (Å²) in [5, 5.41) is 0.710. The van der Waals surface area contributed by atoms with E-state index in [9.17, 15) is 0 Å². The smallest absolute Gasteiger partial charge is 0.146 e. The zero-order chi connectivity index (χ0) is 14.1. The summed E-state index contributed by atoms with van der Waals surface area (Å²) in [5.74, 6) is 0.737. The molecule has 100 valence electrons. The lowest BCUT2D eigenvalue weighted by Gasteiger charge is -2.09. The van der Waals surface area contributed by atoms with Crippen LogP contribution in [0.1, 0.15) is 5.69 Å². The number of fused-ring (bicyclic) bond motifs is 1. The van der Waals surface area contributed by atoms with E-state index in [1.165, 1.54) is 0 Å². The molecule has 0 saturated heterocycles. The van der Waals surface area contributed by atoms with E-state index < -0.39 is 0 Å². The van der Waals surface area contributed by atoms with Gasteiger partial charge in [0.2, 0.25) is 0 Å². The Morgan fingerprint density at radius 1 is 1.00 bits per heavy atom. The zero-order valence-corrected chi connectivity index (χ0v) is 12.0. The zero-order valence-electron chi connectivity index (χ0n) is 11.2. The molecule has 0 bridgehead atoms. The first-order chi connectivity index (χ1) is 9.69. The van der Waals surface area contributed by atoms with Crippen LogP contribution in [0, 0.1) is 6.92 Å². The van der Waals surface area contributed by atoms with Gasteiger partial charge in [0.25, 0.3) is 0 Å². The Hall–Kier alpha value is -2.13. The third-order valence-electron chi connectivity index (χ3n) is 3.17. The van der Waals surface area contributed by atoms with Gasteiger partial charge in [-0.25, -0.2) is 9.97 Å². The highest BCUT2D eigenvalue weighted by molar-refractivity contribution is 6.30. The van der Waals surface area contributed by atoms with Gasteiger partial charge in [0.1, 0.15) is 11.3 Å². The summed E-state index contributed by atoms with van der Waals surface area (Å²) >= 11 is 5.92. The van der Waals surface area contributed by atoms with Crippen molar-refractivity contribution in [1.29, 1.82) is 0 Å². The van der Waals surface area contributed by atoms with E-state index in [1.54, 1.807) is 7.11 Å². The molecule has 0 amide bonds. The summed E-state index contributed by atoms with van der Waals surface area (Å²) < 4.78 is 5.32. The van der Waals surface area contributed by atoms with Crippen LogP contribution in [0.2, 0.25) is 5.02 Å². The molecule has 0 unspecified atom stereocenters. The average Bonchev–Trinajstić information content (AvgIpc) is 2.47. The van der Waals surface area contributed by atoms with E-state index in [1.807, 2.05) is 49.4 Å². The van der Waals surface area contributed by atoms with Crippen LogP contribution in [0.25, 0.3) is 22.3 Å². The number of hydrogen-bond donors (Lipinski definition) is 0. The summed E-state index contributed by atoms with van der Waals surface area (Å²) in [6.45, 7) is 1.95. The normalized spacial score (nSPS) is 10.8. The van der Waals surface area contributed by atoms with Crippen molar-refractivity contribution in [2.45, 2.75) is 6.92 Å². The molecule has 4 heteroatoms. The second-order valence-electron chi connectivity index (χ2n) is 4.49. The van der Waals surface area contributed by atoms with Gasteiger partial charge in [0.05, 0.1) is 24.0 Å². The van der Waals surface area contributed by atoms with Crippen LogP contribution in [0.5, 0.6) is 5.75 Å². The second kappa shape index (κ2) is 5.10. The number of hydrogen-bond acceptors (Lipinski definition) is 3. The Kier molecular flexibility index (Phi) is 3.28. The van der Waals surface area contributed by atoms with Crippen LogP contribution < -0.4 is 4.74 Å². The number of halogens is 1. The number of methoxy groups -OCH3 is 1. The van der Waals surface area contributed by atoms with Gasteiger partial charge in [-0.3, -0.25) is 0 Å². The monoisotopic (exact) mass is 284 g/mol. The van der Waals surface area contributed by atoms with Crippen molar-refractivity contribution in [3.8, 4) is 17.0 Å². The van der Waals surface area contributed by atoms with Crippen molar-refractivity contribution in [2.24, 2.45) is 0 Å². The minimum absolute atomic E-state index is 0.710. The summed E-state index contributed by atoms with van der Waals surface area (Å²) in [5.41, 5.74) is 4.33. The number of benzene rings is 2. The lowest BCUT2D eigenvalue weighted by atomic mass is 10.1. The van der Waals surface area contributed by atoms with Gasteiger partial charge in [-0.2, -0.15) is 0 Å². The maximum Gasteiger partial charge on any atom is 0.146 e. The fourth-order valence-corrected chi connectivity index (χ4v) is 2.31. The average molecular weight is 285 g/mol. The molecule has 0 fully saturated rings. The third-order valence-corrected chi connectivity index (χ3v) is 3.42. The van der Waals surface area contributed by atoms with E-state index in [2.05, 4.69) is 4.98 Å². The van der Waals surface area contributed by atoms with Gasteiger partial charge in [-0.15, -0.1) is 0 Å². The van der Waals surface area contributed by atoms with Crippen molar-refractivity contribution in [1.82, 2.24) is 9.97 Å². The Morgan fingerprint density at radius 3 is 2.45 bits per heavy atom. The molecule has 3 rings (SSSR count). The number of nitrogens with zero attached hydrogens (tertiary/aromatic N) is 2. The first kappa shape index (κ1) is 12.9. The highest BCUT2D eigenvalue weighted by atomic mass is 35.5. The van der Waals surface area contributed by atoms with Gasteiger partial charge < -0.3 is 4.74 Å². The van der Waals surface area contributed by atoms with Crippen LogP contribution in [0.4, 0.5) is 0 Å². The van der Waals surface area contributed by atoms with E-state index in [0.29, 0.717) is 5.02 Å². The van der Waals surface area contributed by atoms with Gasteiger partial charge in [0.15, 0.2) is 0 Å². The molecule has 0 saturated carbocycles. The van der Waals surface area contributed by atoms with Crippen molar-refractivity contribution in [2.75, 3.05) is 7.11 Å². The molecular weight excluding hydrogens is 272 g/mol. The molecule has 0 aliphatic carbocycles. The van der Waals surface area contributed by atoms with Crippen molar-refractivity contribution < 1.29 is 4.74 Å². The number of aryl methyl sites for hydroxylation is 1. The quantitative estimate of drug-likeness (QED) is 0.705. The minimum Gasteiger partial charge on any atom is -0.494 e. The maximum absolute atomic E-state index is 5.92. The summed E-state index contributed by atoms with van der Waals surface area (Å²) in [6.07, 6.45) is 0. The molecule has 0 aliphatic rings. The lowest BCUT2D eigenvalue weighted by molar-refractivity contribution is 0.418. The standard InChI is InChI=1S/C16H13ClN2O/c1-10-15(11-6-8-12(17)9-7-11)19-13-4-3-5-14(20-2)16(13)18-10/h3-9H,1-2H3. The van der Waals surface area contributed by atoms with E-state index in [0.717, 1.165) is 33.7 Å². The highest BCUT2D eigenvalue weighted by Gasteiger charge is 2.10. The molecule has 20 heavy (non-hydrogen) atoms. The molecule has 1 heterocycles. The van der Waals surface area contributed by atoms with Crippen molar-refractivity contribution in [3.63, 3.8) is 0 Å². The third kappa shape index (κ3) is 2.21. The largest absolute Gasteiger partial charge is 0.494 e. The van der Waals surface area contributed by atoms with Crippen molar-refractivity contribution in [3.05, 3.63) is 53.2 Å². The number of ether oxygens (including phenoxy) is 1. The molecule has 0 spiro atoms. The molecule has 3 nitrogen and oxygen atoms in total. The van der Waals surface area contributed by atoms with Gasteiger partial charge in [-0.1, -0.05) is 29.8 Å². The van der Waals surface area contributed by atoms with Crippen molar-refractivity contribution >= 4 is 22.6 Å². The number of rotatable bonds is 2. The van der Waals surface area contributed by atoms with Crippen LogP contribution in [0.15, 0.2) is 42.5 Å². The van der Waals surface area contributed by atoms with Crippen LogP contribution >= 0.6 is 11.6 Å². The summed E-state index contributed by atoms with van der Waals surface area (Å²) in [4.78, 5) is 9.32. The minimum atomic E-state index is 0.710. The SMILES string of the molecule is COc1cccc2nc(-c3ccc(Cl)cc3)c(C)nc12. The van der Waals surface area contributed by atoms with Crippen LogP contribution in [-0.2, 0) is 0 Å². The molecule has 1 aromatic heterocycles. The molecule has 0 aliphatic heterocycles. The second-order valence-corrected chi connectivity index (χ2v) is 4.93. The fraction of sp³-hybridized carbons (Fsp3) is 0.125. The predicted molar refractivity (Wildman–Crippen MR) is 81.3 cm³/mol. The van der Waals surface area contributed by atoms with E-state index in [-0.39, 0.29) is 0 Å². The molecule has 0 radical (unpaired) electrons. The Bertz CT molecular complexity index is 769. The van der Waals surface area contributed by atoms with Crippen LogP contribution in [-0.4, -0.2) is 17.1 Å². The summed E-state index contributed by atoms with van der Waals surface area (Å²) in [7, 11) is 1.64. The van der Waals surface area contributed by atoms with Gasteiger partial charge in [-0.05, 0) is 31.2 Å². The Labute approximate surface area is 122 Å². The lowest BCUT2D eigenvalue weighted by Crippen LogP contribution is -1.96. The molecular formula is C16H13ClN2O. The topological polar surface area (TPSA) is 35.0 Å². The highest BCUT2D eigenvalue weighted by Crippen LogP contribution is 2.28. The molecule has 3 aromatic rings. The Morgan fingerprint density at radius 2 is 1.75 bits per heavy atom. The molecule has 2 aromatic carbocycles. The molecule has 0 atom stereocenters. The molecule has 0 N–H and O–H groups in total. The van der Waals surface area contributed by atoms with Crippen LogP contribution in [0.3, 0.4) is 0 Å². The van der Waals surface area contributed by atoms with Gasteiger partial charge >= 0.3 is 0 Å². The maximum atomic E-state index is 5.92. The Balaban J connectivity index is 2.22. The number of para-hydroxylation sites is 1.